The lowest BCUT2D eigenvalue weighted by atomic mass is 9.73. The summed E-state index contributed by atoms with van der Waals surface area (Å²) in [4.78, 5) is 14.8. The molecule has 0 aromatic rings. The van der Waals surface area contributed by atoms with Crippen molar-refractivity contribution in [3.8, 4) is 0 Å². The lowest BCUT2D eigenvalue weighted by Crippen LogP contribution is -2.37. The molecule has 0 aromatic carbocycles. The van der Waals surface area contributed by atoms with Gasteiger partial charge in [-0.05, 0) is 75.2 Å². The zero-order valence-corrected chi connectivity index (χ0v) is 14.9. The number of aliphatic hydroxyl groups excluding tert-OH is 1. The molecule has 5 aliphatic rings. The molecule has 0 aromatic heterocycles. The first-order chi connectivity index (χ1) is 11.6. The molecule has 4 nitrogen and oxygen atoms in total. The second kappa shape index (κ2) is 5.20. The maximum absolute atomic E-state index is 12.7. The van der Waals surface area contributed by atoms with E-state index in [1.165, 1.54) is 51.4 Å². The van der Waals surface area contributed by atoms with E-state index in [-0.39, 0.29) is 24.6 Å². The number of esters is 1. The molecule has 1 saturated heterocycles. The zero-order chi connectivity index (χ0) is 16.5. The average Bonchev–Trinajstić information content (AvgIpc) is 3.43. The Morgan fingerprint density at radius 3 is 2.50 bits per heavy atom. The highest BCUT2D eigenvalue weighted by atomic mass is 16.6. The van der Waals surface area contributed by atoms with Gasteiger partial charge in [0.1, 0.15) is 6.10 Å². The average molecular weight is 333 g/mol. The Morgan fingerprint density at radius 2 is 1.83 bits per heavy atom. The van der Waals surface area contributed by atoms with Gasteiger partial charge in [-0.25, -0.2) is 0 Å². The Morgan fingerprint density at radius 1 is 1.12 bits per heavy atom. The van der Waals surface area contributed by atoms with Gasteiger partial charge in [-0.3, -0.25) is 4.79 Å². The number of carbonyl (C=O) groups excluding carboxylic acids is 1. The Hall–Kier alpha value is -0.610. The van der Waals surface area contributed by atoms with E-state index < -0.39 is 0 Å². The van der Waals surface area contributed by atoms with E-state index in [0.29, 0.717) is 29.2 Å². The second-order valence-electron chi connectivity index (χ2n) is 9.59. The summed E-state index contributed by atoms with van der Waals surface area (Å²) in [6.07, 6.45) is 11.1. The third-order valence-electron chi connectivity index (χ3n) is 8.48. The Balaban J connectivity index is 1.43. The first-order valence-corrected chi connectivity index (χ1v) is 10.1. The van der Waals surface area contributed by atoms with Crippen LogP contribution < -0.4 is 0 Å². The largest absolute Gasteiger partial charge is 0.461 e. The number of hydrogen-bond acceptors (Lipinski definition) is 4. The fourth-order valence-corrected chi connectivity index (χ4v) is 6.87. The molecule has 4 heteroatoms. The minimum Gasteiger partial charge on any atom is -0.461 e. The van der Waals surface area contributed by atoms with Gasteiger partial charge >= 0.3 is 5.97 Å². The van der Waals surface area contributed by atoms with E-state index in [2.05, 4.69) is 4.90 Å². The summed E-state index contributed by atoms with van der Waals surface area (Å²) >= 11 is 0. The van der Waals surface area contributed by atoms with Gasteiger partial charge < -0.3 is 14.7 Å². The second-order valence-corrected chi connectivity index (χ2v) is 9.59. The molecule has 5 unspecified atom stereocenters. The smallest absolute Gasteiger partial charge is 0.310 e. The van der Waals surface area contributed by atoms with Crippen LogP contribution in [0.25, 0.3) is 0 Å². The van der Waals surface area contributed by atoms with E-state index in [0.717, 1.165) is 12.5 Å². The maximum Gasteiger partial charge on any atom is 0.310 e. The topological polar surface area (TPSA) is 49.8 Å². The summed E-state index contributed by atoms with van der Waals surface area (Å²) < 4.78 is 6.12. The highest BCUT2D eigenvalue weighted by Gasteiger charge is 2.69. The highest BCUT2D eigenvalue weighted by Crippen LogP contribution is 2.74. The van der Waals surface area contributed by atoms with Gasteiger partial charge in [0.2, 0.25) is 0 Å². The molecule has 4 aliphatic carbocycles. The van der Waals surface area contributed by atoms with Crippen molar-refractivity contribution in [1.29, 1.82) is 0 Å². The normalized spacial score (nSPS) is 43.6. The summed E-state index contributed by atoms with van der Waals surface area (Å²) in [5, 5.41) is 9.17. The maximum atomic E-state index is 12.7. The number of ether oxygens (including phenoxy) is 1. The van der Waals surface area contributed by atoms with Gasteiger partial charge in [-0.1, -0.05) is 0 Å². The van der Waals surface area contributed by atoms with Crippen LogP contribution >= 0.6 is 0 Å². The molecule has 1 heterocycles. The first-order valence-electron chi connectivity index (χ1n) is 10.1. The number of nitrogens with zero attached hydrogens (tertiary/aromatic N) is 1. The van der Waals surface area contributed by atoms with Gasteiger partial charge in [0.25, 0.3) is 0 Å². The number of carbonyl (C=O) groups is 1. The summed E-state index contributed by atoms with van der Waals surface area (Å²) in [5.74, 6) is 1.98. The van der Waals surface area contributed by atoms with Gasteiger partial charge in [-0.2, -0.15) is 0 Å². The van der Waals surface area contributed by atoms with Crippen LogP contribution in [0.3, 0.4) is 0 Å². The number of fused-ring (bicyclic) bond motifs is 5. The molecule has 0 bridgehead atoms. The molecule has 5 fully saturated rings. The van der Waals surface area contributed by atoms with Crippen LogP contribution in [-0.4, -0.2) is 48.8 Å². The molecule has 5 atom stereocenters. The van der Waals surface area contributed by atoms with E-state index in [9.17, 15) is 9.90 Å². The molecule has 5 rings (SSSR count). The molecule has 1 N–H and O–H groups in total. The predicted molar refractivity (Wildman–Crippen MR) is 90.2 cm³/mol. The van der Waals surface area contributed by atoms with Crippen molar-refractivity contribution in [1.82, 2.24) is 4.90 Å². The van der Waals surface area contributed by atoms with Crippen molar-refractivity contribution < 1.29 is 14.6 Å². The van der Waals surface area contributed by atoms with E-state index in [4.69, 9.17) is 4.74 Å². The van der Waals surface area contributed by atoms with Crippen LogP contribution in [0.5, 0.6) is 0 Å². The Labute approximate surface area is 144 Å². The molecule has 1 aliphatic heterocycles. The molecule has 134 valence electrons. The highest BCUT2D eigenvalue weighted by molar-refractivity contribution is 5.75. The van der Waals surface area contributed by atoms with E-state index in [1.807, 2.05) is 7.05 Å². The minimum atomic E-state index is 0.0255. The number of likely N-dealkylation sites (N-methyl/N-ethyl adjacent to an activating group) is 1. The summed E-state index contributed by atoms with van der Waals surface area (Å²) in [6.45, 7) is 1.54. The van der Waals surface area contributed by atoms with Gasteiger partial charge in [0, 0.05) is 24.9 Å². The Kier molecular flexibility index (Phi) is 3.39. The van der Waals surface area contributed by atoms with Crippen LogP contribution in [0.4, 0.5) is 0 Å². The summed E-state index contributed by atoms with van der Waals surface area (Å²) in [7, 11) is 2.01. The monoisotopic (exact) mass is 333 g/mol. The molecular weight excluding hydrogens is 302 g/mol. The van der Waals surface area contributed by atoms with Crippen molar-refractivity contribution >= 4 is 5.97 Å². The summed E-state index contributed by atoms with van der Waals surface area (Å²) in [5.41, 5.74) is 1.16. The SMILES string of the molecule is CN(CCO)CC1C(=O)OC2C1CCC1(CC1)C1CCC3(CC3)C21. The van der Waals surface area contributed by atoms with Crippen LogP contribution in [0.1, 0.15) is 51.4 Å². The molecule has 4 saturated carbocycles. The van der Waals surface area contributed by atoms with E-state index >= 15 is 0 Å². The predicted octanol–water partition coefficient (Wildman–Crippen LogP) is 2.45. The quantitative estimate of drug-likeness (QED) is 0.803. The standard InChI is InChI=1S/C20H31NO3/c1-21(10-11-22)12-14-13-2-4-19(6-7-19)15-3-5-20(8-9-20)16(15)17(13)24-18(14)23/h13-17,22H,2-12H2,1H3. The van der Waals surface area contributed by atoms with Gasteiger partial charge in [0.05, 0.1) is 12.5 Å². The van der Waals surface area contributed by atoms with Crippen LogP contribution in [0, 0.1) is 34.5 Å². The summed E-state index contributed by atoms with van der Waals surface area (Å²) in [6, 6.07) is 0. The zero-order valence-electron chi connectivity index (χ0n) is 14.9. The lowest BCUT2D eigenvalue weighted by Gasteiger charge is -2.33. The molecular formula is C20H31NO3. The molecule has 0 radical (unpaired) electrons. The molecule has 0 amide bonds. The van der Waals surface area contributed by atoms with Crippen LogP contribution in [0.15, 0.2) is 0 Å². The number of hydrogen-bond donors (Lipinski definition) is 1. The molecule has 24 heavy (non-hydrogen) atoms. The third-order valence-corrected chi connectivity index (χ3v) is 8.48. The van der Waals surface area contributed by atoms with Gasteiger partial charge in [-0.15, -0.1) is 0 Å². The van der Waals surface area contributed by atoms with E-state index in [1.54, 1.807) is 0 Å². The van der Waals surface area contributed by atoms with Crippen molar-refractivity contribution in [2.45, 2.75) is 57.5 Å². The van der Waals surface area contributed by atoms with Crippen molar-refractivity contribution in [2.75, 3.05) is 26.7 Å². The first kappa shape index (κ1) is 15.6. The molecule has 2 spiro atoms. The van der Waals surface area contributed by atoms with Crippen molar-refractivity contribution in [2.24, 2.45) is 34.5 Å². The van der Waals surface area contributed by atoms with Crippen molar-refractivity contribution in [3.05, 3.63) is 0 Å². The Bertz CT molecular complexity index is 539. The fourth-order valence-electron chi connectivity index (χ4n) is 6.87. The fraction of sp³-hybridized carbons (Fsp3) is 0.950. The lowest BCUT2D eigenvalue weighted by molar-refractivity contribution is -0.148. The number of aliphatic hydroxyl groups is 1. The third kappa shape index (κ3) is 2.14. The minimum absolute atomic E-state index is 0.0255. The number of rotatable bonds is 4. The van der Waals surface area contributed by atoms with Crippen LogP contribution in [0.2, 0.25) is 0 Å². The van der Waals surface area contributed by atoms with Crippen molar-refractivity contribution in [3.63, 3.8) is 0 Å². The van der Waals surface area contributed by atoms with Gasteiger partial charge in [0.15, 0.2) is 0 Å². The van der Waals surface area contributed by atoms with Crippen LogP contribution in [-0.2, 0) is 9.53 Å².